The number of rotatable bonds is 13. The van der Waals surface area contributed by atoms with Crippen LogP contribution in [0.3, 0.4) is 0 Å². The van der Waals surface area contributed by atoms with E-state index in [4.69, 9.17) is 0 Å². The van der Waals surface area contributed by atoms with E-state index in [-0.39, 0.29) is 0 Å². The molecule has 154 valence electrons. The molecule has 0 atom stereocenters. The Labute approximate surface area is 166 Å². The van der Waals surface area contributed by atoms with E-state index < -0.39 is 0 Å². The molecule has 2 aliphatic carbocycles. The smallest absolute Gasteiger partial charge is 0.0411 e. The molecule has 0 unspecified atom stereocenters. The average Bonchev–Trinajstić information content (AvgIpc) is 2.68. The first-order valence-electron chi connectivity index (χ1n) is 12.8. The molecule has 0 N–H and O–H groups in total. The molecular formula is C26H50. The third kappa shape index (κ3) is 9.27. The molecule has 2 rings (SSSR count). The Morgan fingerprint density at radius 1 is 0.423 bits per heavy atom. The topological polar surface area (TPSA) is 0 Å². The molecule has 0 aromatic heterocycles. The van der Waals surface area contributed by atoms with Gasteiger partial charge in [-0.15, -0.1) is 0 Å². The first-order chi connectivity index (χ1) is 12.8. The molecule has 0 spiro atoms. The number of unbranched alkanes of at least 4 members (excludes halogenated alkanes) is 7. The van der Waals surface area contributed by atoms with Gasteiger partial charge in [-0.25, -0.2) is 0 Å². The summed E-state index contributed by atoms with van der Waals surface area (Å²) < 4.78 is 0. The van der Waals surface area contributed by atoms with E-state index >= 15 is 0 Å². The highest BCUT2D eigenvalue weighted by atomic mass is 14.3. The van der Waals surface area contributed by atoms with Crippen LogP contribution in [0.15, 0.2) is 0 Å². The highest BCUT2D eigenvalue weighted by molar-refractivity contribution is 4.79. The maximum absolute atomic E-state index is 2.33. The second kappa shape index (κ2) is 14.1. The predicted octanol–water partition coefficient (Wildman–Crippen LogP) is 9.32. The van der Waals surface area contributed by atoms with E-state index in [0.29, 0.717) is 0 Å². The van der Waals surface area contributed by atoms with Crippen molar-refractivity contribution < 1.29 is 0 Å². The van der Waals surface area contributed by atoms with Crippen molar-refractivity contribution >= 4 is 0 Å². The lowest BCUT2D eigenvalue weighted by molar-refractivity contribution is 0.182. The Bertz CT molecular complexity index is 304. The van der Waals surface area contributed by atoms with Crippen LogP contribution in [0, 0.1) is 23.7 Å². The minimum atomic E-state index is 1.09. The fourth-order valence-electron chi connectivity index (χ4n) is 5.88. The molecule has 0 nitrogen and oxygen atoms in total. The summed E-state index contributed by atoms with van der Waals surface area (Å²) in [5, 5.41) is 0. The van der Waals surface area contributed by atoms with Crippen molar-refractivity contribution in [2.45, 2.75) is 142 Å². The molecule has 26 heavy (non-hydrogen) atoms. The van der Waals surface area contributed by atoms with E-state index in [2.05, 4.69) is 13.8 Å². The van der Waals surface area contributed by atoms with Crippen LogP contribution in [-0.2, 0) is 0 Å². The van der Waals surface area contributed by atoms with Crippen molar-refractivity contribution in [2.75, 3.05) is 0 Å². The van der Waals surface area contributed by atoms with E-state index in [9.17, 15) is 0 Å². The molecule has 0 aliphatic heterocycles. The largest absolute Gasteiger partial charge is 0.0654 e. The second-order valence-corrected chi connectivity index (χ2v) is 10.1. The highest BCUT2D eigenvalue weighted by Gasteiger charge is 2.26. The Hall–Kier alpha value is 0. The van der Waals surface area contributed by atoms with Crippen LogP contribution in [0.1, 0.15) is 142 Å². The summed E-state index contributed by atoms with van der Waals surface area (Å²) in [5.41, 5.74) is 0. The SMILES string of the molecule is CCCCCCCC1CCC(CC2CCC(CCCCCC)CC2)CC1. The fraction of sp³-hybridized carbons (Fsp3) is 1.00. The Kier molecular flexibility index (Phi) is 12.1. The standard InChI is InChI=1S/C26H50/c1-3-5-7-9-11-13-24-16-20-26(21-17-24)22-25-18-14-23(15-19-25)12-10-8-6-4-2/h23-26H,3-22H2,1-2H3. The van der Waals surface area contributed by atoms with Gasteiger partial charge in [-0.05, 0) is 30.1 Å². The van der Waals surface area contributed by atoms with Crippen LogP contribution in [0.25, 0.3) is 0 Å². The van der Waals surface area contributed by atoms with E-state index in [1.807, 2.05) is 0 Å². The lowest BCUT2D eigenvalue weighted by atomic mass is 9.72. The van der Waals surface area contributed by atoms with Crippen molar-refractivity contribution in [2.24, 2.45) is 23.7 Å². The van der Waals surface area contributed by atoms with Crippen molar-refractivity contribution in [3.63, 3.8) is 0 Å². The van der Waals surface area contributed by atoms with Gasteiger partial charge in [0.25, 0.3) is 0 Å². The third-order valence-corrected chi connectivity index (χ3v) is 7.78. The molecule has 2 fully saturated rings. The van der Waals surface area contributed by atoms with Gasteiger partial charge in [0.2, 0.25) is 0 Å². The summed E-state index contributed by atoms with van der Waals surface area (Å²) in [4.78, 5) is 0. The van der Waals surface area contributed by atoms with E-state index in [1.165, 1.54) is 64.2 Å². The van der Waals surface area contributed by atoms with E-state index in [1.54, 1.807) is 64.2 Å². The zero-order valence-corrected chi connectivity index (χ0v) is 18.5. The van der Waals surface area contributed by atoms with Gasteiger partial charge in [0, 0.05) is 0 Å². The summed E-state index contributed by atoms with van der Waals surface area (Å²) in [6.07, 6.45) is 30.3. The molecule has 2 saturated carbocycles. The van der Waals surface area contributed by atoms with Gasteiger partial charge in [0.05, 0.1) is 0 Å². The second-order valence-electron chi connectivity index (χ2n) is 10.1. The van der Waals surface area contributed by atoms with Crippen LogP contribution in [0.4, 0.5) is 0 Å². The molecule has 0 amide bonds. The van der Waals surface area contributed by atoms with Gasteiger partial charge in [0.1, 0.15) is 0 Å². The van der Waals surface area contributed by atoms with Gasteiger partial charge in [0.15, 0.2) is 0 Å². The van der Waals surface area contributed by atoms with Crippen molar-refractivity contribution in [3.05, 3.63) is 0 Å². The van der Waals surface area contributed by atoms with Crippen molar-refractivity contribution in [3.8, 4) is 0 Å². The minimum absolute atomic E-state index is 1.09. The Morgan fingerprint density at radius 2 is 0.769 bits per heavy atom. The summed E-state index contributed by atoms with van der Waals surface area (Å²) in [7, 11) is 0. The van der Waals surface area contributed by atoms with Crippen molar-refractivity contribution in [1.29, 1.82) is 0 Å². The molecule has 0 heteroatoms. The van der Waals surface area contributed by atoms with Gasteiger partial charge in [-0.1, -0.05) is 136 Å². The maximum atomic E-state index is 2.33. The van der Waals surface area contributed by atoms with Gasteiger partial charge < -0.3 is 0 Å². The molecule has 0 aromatic carbocycles. The van der Waals surface area contributed by atoms with Crippen LogP contribution in [-0.4, -0.2) is 0 Å². The van der Waals surface area contributed by atoms with Crippen LogP contribution < -0.4 is 0 Å². The normalized spacial score (nSPS) is 29.8. The average molecular weight is 363 g/mol. The van der Waals surface area contributed by atoms with Gasteiger partial charge >= 0.3 is 0 Å². The summed E-state index contributed by atoms with van der Waals surface area (Å²) in [6, 6.07) is 0. The molecular weight excluding hydrogens is 312 g/mol. The van der Waals surface area contributed by atoms with E-state index in [0.717, 1.165) is 23.7 Å². The maximum Gasteiger partial charge on any atom is -0.0411 e. The Morgan fingerprint density at radius 3 is 1.19 bits per heavy atom. The molecule has 0 radical (unpaired) electrons. The highest BCUT2D eigenvalue weighted by Crippen LogP contribution is 2.40. The van der Waals surface area contributed by atoms with Crippen LogP contribution in [0.2, 0.25) is 0 Å². The zero-order valence-electron chi connectivity index (χ0n) is 18.5. The lowest BCUT2D eigenvalue weighted by Crippen LogP contribution is -2.21. The lowest BCUT2D eigenvalue weighted by Gasteiger charge is -2.34. The molecule has 0 aromatic rings. The monoisotopic (exact) mass is 362 g/mol. The first kappa shape index (κ1) is 22.3. The molecule has 0 bridgehead atoms. The van der Waals surface area contributed by atoms with Gasteiger partial charge in [-0.2, -0.15) is 0 Å². The molecule has 2 aliphatic rings. The van der Waals surface area contributed by atoms with Crippen molar-refractivity contribution in [1.82, 2.24) is 0 Å². The summed E-state index contributed by atoms with van der Waals surface area (Å²) >= 11 is 0. The number of hydrogen-bond donors (Lipinski definition) is 0. The first-order valence-corrected chi connectivity index (χ1v) is 12.8. The third-order valence-electron chi connectivity index (χ3n) is 7.78. The zero-order chi connectivity index (χ0) is 18.5. The number of hydrogen-bond acceptors (Lipinski definition) is 0. The minimum Gasteiger partial charge on any atom is -0.0654 e. The van der Waals surface area contributed by atoms with Crippen LogP contribution >= 0.6 is 0 Å². The fourth-order valence-corrected chi connectivity index (χ4v) is 5.88. The quantitative estimate of drug-likeness (QED) is 0.286. The molecule has 0 saturated heterocycles. The van der Waals surface area contributed by atoms with Crippen LogP contribution in [0.5, 0.6) is 0 Å². The Balaban J connectivity index is 1.48. The van der Waals surface area contributed by atoms with Gasteiger partial charge in [-0.3, -0.25) is 0 Å². The summed E-state index contributed by atoms with van der Waals surface area (Å²) in [5.74, 6) is 4.37. The summed E-state index contributed by atoms with van der Waals surface area (Å²) in [6.45, 7) is 4.65. The predicted molar refractivity (Wildman–Crippen MR) is 118 cm³/mol. The molecule has 0 heterocycles.